The number of hydrogen-bond donors (Lipinski definition) is 1. The van der Waals surface area contributed by atoms with Gasteiger partial charge in [0.25, 0.3) is 0 Å². The smallest absolute Gasteiger partial charge is 0.123 e. The maximum absolute atomic E-state index is 13.4. The number of nitrogens with zero attached hydrogens (tertiary/aromatic N) is 1. The zero-order chi connectivity index (χ0) is 15.1. The minimum atomic E-state index is -0.164. The molecule has 0 aliphatic carbocycles. The Morgan fingerprint density at radius 3 is 2.76 bits per heavy atom. The molecule has 1 N–H and O–H groups in total. The summed E-state index contributed by atoms with van der Waals surface area (Å²) in [5, 5.41) is 3.55. The Labute approximate surface area is 126 Å². The van der Waals surface area contributed by atoms with E-state index in [-0.39, 0.29) is 11.9 Å². The first-order valence-electron chi connectivity index (χ1n) is 7.57. The Morgan fingerprint density at radius 1 is 1.19 bits per heavy atom. The molecule has 0 radical (unpaired) electrons. The van der Waals surface area contributed by atoms with Gasteiger partial charge in [0, 0.05) is 24.4 Å². The van der Waals surface area contributed by atoms with Gasteiger partial charge in [-0.25, -0.2) is 4.39 Å². The molecule has 0 aliphatic rings. The zero-order valence-electron chi connectivity index (χ0n) is 12.8. The molecule has 1 aromatic heterocycles. The second-order valence-corrected chi connectivity index (χ2v) is 5.45. The van der Waals surface area contributed by atoms with Gasteiger partial charge in [-0.2, -0.15) is 0 Å². The summed E-state index contributed by atoms with van der Waals surface area (Å²) in [5.41, 5.74) is 3.28. The number of aryl methyl sites for hydroxylation is 1. The van der Waals surface area contributed by atoms with Crippen molar-refractivity contribution in [3.05, 3.63) is 65.2 Å². The van der Waals surface area contributed by atoms with Gasteiger partial charge in [-0.05, 0) is 61.7 Å². The summed E-state index contributed by atoms with van der Waals surface area (Å²) in [6.45, 7) is 5.15. The van der Waals surface area contributed by atoms with E-state index < -0.39 is 0 Å². The quantitative estimate of drug-likeness (QED) is 0.840. The molecule has 1 aromatic carbocycles. The van der Waals surface area contributed by atoms with Crippen molar-refractivity contribution in [1.29, 1.82) is 0 Å². The van der Waals surface area contributed by atoms with Gasteiger partial charge < -0.3 is 5.32 Å². The van der Waals surface area contributed by atoms with E-state index >= 15 is 0 Å². The van der Waals surface area contributed by atoms with Crippen molar-refractivity contribution < 1.29 is 4.39 Å². The first-order valence-corrected chi connectivity index (χ1v) is 7.57. The Hall–Kier alpha value is -1.74. The molecule has 21 heavy (non-hydrogen) atoms. The van der Waals surface area contributed by atoms with Gasteiger partial charge in [0.05, 0.1) is 0 Å². The van der Waals surface area contributed by atoms with Crippen LogP contribution in [-0.2, 0) is 12.8 Å². The molecule has 0 bridgehead atoms. The molecular weight excluding hydrogens is 263 g/mol. The van der Waals surface area contributed by atoms with E-state index in [2.05, 4.69) is 17.2 Å². The van der Waals surface area contributed by atoms with E-state index in [1.165, 1.54) is 6.07 Å². The molecule has 1 heterocycles. The van der Waals surface area contributed by atoms with Crippen LogP contribution in [0.1, 0.15) is 30.2 Å². The molecule has 0 amide bonds. The summed E-state index contributed by atoms with van der Waals surface area (Å²) < 4.78 is 13.4. The maximum atomic E-state index is 13.4. The minimum Gasteiger partial charge on any atom is -0.313 e. The van der Waals surface area contributed by atoms with Crippen LogP contribution in [0.15, 0.2) is 42.6 Å². The Kier molecular flexibility index (Phi) is 5.88. The van der Waals surface area contributed by atoms with Crippen molar-refractivity contribution in [1.82, 2.24) is 10.3 Å². The number of aromatic nitrogens is 1. The third-order valence-electron chi connectivity index (χ3n) is 3.64. The summed E-state index contributed by atoms with van der Waals surface area (Å²) >= 11 is 0. The van der Waals surface area contributed by atoms with Gasteiger partial charge in [0.1, 0.15) is 5.82 Å². The standard InChI is InChI=1S/C18H23FN2/c1-3-9-20-18(13-17-6-4-5-10-21-17)12-15-11-16(19)8-7-14(15)2/h4-8,10-11,18,20H,3,9,12-13H2,1-2H3. The third kappa shape index (κ3) is 4.94. The van der Waals surface area contributed by atoms with Crippen LogP contribution in [0.5, 0.6) is 0 Å². The van der Waals surface area contributed by atoms with Gasteiger partial charge in [-0.3, -0.25) is 4.98 Å². The molecule has 112 valence electrons. The largest absolute Gasteiger partial charge is 0.313 e. The molecule has 2 aromatic rings. The lowest BCUT2D eigenvalue weighted by Gasteiger charge is -2.19. The van der Waals surface area contributed by atoms with Crippen molar-refractivity contribution in [3.63, 3.8) is 0 Å². The van der Waals surface area contributed by atoms with Crippen LogP contribution in [0.2, 0.25) is 0 Å². The second-order valence-electron chi connectivity index (χ2n) is 5.45. The average Bonchev–Trinajstić information content (AvgIpc) is 2.49. The molecule has 0 aliphatic heterocycles. The van der Waals surface area contributed by atoms with Crippen LogP contribution in [0.25, 0.3) is 0 Å². The Balaban J connectivity index is 2.10. The fourth-order valence-corrected chi connectivity index (χ4v) is 2.46. The summed E-state index contributed by atoms with van der Waals surface area (Å²) in [4.78, 5) is 4.39. The Morgan fingerprint density at radius 2 is 2.05 bits per heavy atom. The highest BCUT2D eigenvalue weighted by Crippen LogP contribution is 2.14. The highest BCUT2D eigenvalue weighted by Gasteiger charge is 2.12. The summed E-state index contributed by atoms with van der Waals surface area (Å²) in [5.74, 6) is -0.164. The molecule has 1 atom stereocenters. The Bertz CT molecular complexity index is 554. The SMILES string of the molecule is CCCNC(Cc1ccccn1)Cc1cc(F)ccc1C. The minimum absolute atomic E-state index is 0.164. The molecular formula is C18H23FN2. The van der Waals surface area contributed by atoms with Gasteiger partial charge in [0.2, 0.25) is 0 Å². The number of nitrogens with one attached hydrogen (secondary N) is 1. The number of rotatable bonds is 7. The average molecular weight is 286 g/mol. The molecule has 2 nitrogen and oxygen atoms in total. The molecule has 0 fully saturated rings. The van der Waals surface area contributed by atoms with E-state index in [4.69, 9.17) is 0 Å². The number of halogens is 1. The van der Waals surface area contributed by atoms with E-state index in [0.717, 1.165) is 42.6 Å². The van der Waals surface area contributed by atoms with Crippen molar-refractivity contribution in [2.24, 2.45) is 0 Å². The van der Waals surface area contributed by atoms with Crippen LogP contribution in [0.4, 0.5) is 4.39 Å². The fraction of sp³-hybridized carbons (Fsp3) is 0.389. The lowest BCUT2D eigenvalue weighted by molar-refractivity contribution is 0.498. The van der Waals surface area contributed by atoms with Crippen LogP contribution in [0, 0.1) is 12.7 Å². The first kappa shape index (κ1) is 15.6. The fourth-order valence-electron chi connectivity index (χ4n) is 2.46. The van der Waals surface area contributed by atoms with Crippen molar-refractivity contribution in [2.75, 3.05) is 6.54 Å². The van der Waals surface area contributed by atoms with Gasteiger partial charge >= 0.3 is 0 Å². The van der Waals surface area contributed by atoms with E-state index in [9.17, 15) is 4.39 Å². The molecule has 0 saturated heterocycles. The van der Waals surface area contributed by atoms with Crippen LogP contribution in [-0.4, -0.2) is 17.6 Å². The lowest BCUT2D eigenvalue weighted by atomic mass is 9.97. The van der Waals surface area contributed by atoms with Crippen molar-refractivity contribution in [3.8, 4) is 0 Å². The van der Waals surface area contributed by atoms with Crippen LogP contribution in [0.3, 0.4) is 0 Å². The number of hydrogen-bond acceptors (Lipinski definition) is 2. The molecule has 2 rings (SSSR count). The maximum Gasteiger partial charge on any atom is 0.123 e. The van der Waals surface area contributed by atoms with Crippen LogP contribution < -0.4 is 5.32 Å². The summed E-state index contributed by atoms with van der Waals surface area (Å²) in [7, 11) is 0. The molecule has 3 heteroatoms. The monoisotopic (exact) mass is 286 g/mol. The van der Waals surface area contributed by atoms with Crippen molar-refractivity contribution in [2.45, 2.75) is 39.2 Å². The molecule has 0 saturated carbocycles. The van der Waals surface area contributed by atoms with Gasteiger partial charge in [-0.1, -0.05) is 19.1 Å². The normalized spacial score (nSPS) is 12.3. The number of pyridine rings is 1. The highest BCUT2D eigenvalue weighted by atomic mass is 19.1. The third-order valence-corrected chi connectivity index (χ3v) is 3.64. The predicted octanol–water partition coefficient (Wildman–Crippen LogP) is 3.68. The number of benzene rings is 1. The topological polar surface area (TPSA) is 24.9 Å². The van der Waals surface area contributed by atoms with E-state index in [1.807, 2.05) is 37.4 Å². The lowest BCUT2D eigenvalue weighted by Crippen LogP contribution is -2.34. The first-order chi connectivity index (χ1) is 10.2. The highest BCUT2D eigenvalue weighted by molar-refractivity contribution is 5.27. The van der Waals surface area contributed by atoms with Crippen molar-refractivity contribution >= 4 is 0 Å². The van der Waals surface area contributed by atoms with E-state index in [1.54, 1.807) is 6.07 Å². The molecule has 1 unspecified atom stereocenters. The predicted molar refractivity (Wildman–Crippen MR) is 84.9 cm³/mol. The second kappa shape index (κ2) is 7.89. The summed E-state index contributed by atoms with van der Waals surface area (Å²) in [6, 6.07) is 11.3. The summed E-state index contributed by atoms with van der Waals surface area (Å²) in [6.07, 6.45) is 4.58. The van der Waals surface area contributed by atoms with Crippen LogP contribution >= 0.6 is 0 Å². The van der Waals surface area contributed by atoms with Gasteiger partial charge in [-0.15, -0.1) is 0 Å². The zero-order valence-corrected chi connectivity index (χ0v) is 12.8. The molecule has 0 spiro atoms. The van der Waals surface area contributed by atoms with Gasteiger partial charge in [0.15, 0.2) is 0 Å². The van der Waals surface area contributed by atoms with E-state index in [0.29, 0.717) is 0 Å².